The van der Waals surface area contributed by atoms with Crippen LogP contribution in [-0.2, 0) is 9.59 Å². The first kappa shape index (κ1) is 14.3. The van der Waals surface area contributed by atoms with Gasteiger partial charge in [0.25, 0.3) is 0 Å². The Labute approximate surface area is 120 Å². The van der Waals surface area contributed by atoms with E-state index in [9.17, 15) is 9.59 Å². The van der Waals surface area contributed by atoms with Crippen LogP contribution in [0.1, 0.15) is 12.6 Å². The number of nitrogens with zero attached hydrogens (tertiary/aromatic N) is 3. The molecule has 0 saturated carbocycles. The molecule has 2 aromatic heterocycles. The number of carboxylic acids is 1. The molecule has 0 aromatic carbocycles. The van der Waals surface area contributed by atoms with Crippen LogP contribution in [0.25, 0.3) is 17.1 Å². The molecule has 7 nitrogen and oxygen atoms in total. The van der Waals surface area contributed by atoms with Crippen molar-refractivity contribution in [3.05, 3.63) is 48.1 Å². The van der Waals surface area contributed by atoms with Gasteiger partial charge in [-0.15, -0.1) is 0 Å². The second-order valence-electron chi connectivity index (χ2n) is 4.15. The lowest BCUT2D eigenvalue weighted by Gasteiger charge is -2.06. The molecule has 0 aliphatic rings. The molecule has 0 amide bonds. The third-order valence-electron chi connectivity index (χ3n) is 2.71. The molecule has 0 unspecified atom stereocenters. The number of aliphatic carboxylic acids is 1. The molecule has 0 spiro atoms. The fourth-order valence-corrected chi connectivity index (χ4v) is 1.73. The molecule has 2 heterocycles. The average Bonchev–Trinajstić information content (AvgIpc) is 2.47. The zero-order chi connectivity index (χ0) is 15.4. The smallest absolute Gasteiger partial charge is 0.341 e. The molecule has 21 heavy (non-hydrogen) atoms. The quantitative estimate of drug-likeness (QED) is 0.486. The number of carbonyl (C=O) groups is 2. The van der Waals surface area contributed by atoms with Gasteiger partial charge in [-0.1, -0.05) is 0 Å². The summed E-state index contributed by atoms with van der Waals surface area (Å²) in [6, 6.07) is 4.87. The van der Waals surface area contributed by atoms with Gasteiger partial charge in [0.1, 0.15) is 5.57 Å². The molecule has 2 rings (SSSR count). The van der Waals surface area contributed by atoms with Gasteiger partial charge < -0.3 is 10.8 Å². The summed E-state index contributed by atoms with van der Waals surface area (Å²) >= 11 is 0. The number of carbonyl (C=O) groups excluding carboxylic acids is 1. The van der Waals surface area contributed by atoms with Gasteiger partial charge in [-0.3, -0.25) is 9.78 Å². The molecule has 0 aliphatic heterocycles. The SMILES string of the molecule is CC(=O)C(C(=O)O)=C(N)c1ccnc(-c2ccncc2)n1. The number of nitrogens with two attached hydrogens (primary N) is 1. The maximum absolute atomic E-state index is 11.4. The molecule has 0 aliphatic carbocycles. The summed E-state index contributed by atoms with van der Waals surface area (Å²) in [5, 5.41) is 9.05. The molecule has 0 fully saturated rings. The van der Waals surface area contributed by atoms with Crippen molar-refractivity contribution in [3.8, 4) is 11.4 Å². The first-order chi connectivity index (χ1) is 10.0. The van der Waals surface area contributed by atoms with Gasteiger partial charge in [0, 0.05) is 24.2 Å². The van der Waals surface area contributed by atoms with Gasteiger partial charge >= 0.3 is 5.97 Å². The first-order valence-corrected chi connectivity index (χ1v) is 5.98. The number of pyridine rings is 1. The highest BCUT2D eigenvalue weighted by molar-refractivity contribution is 6.20. The molecule has 3 N–H and O–H groups in total. The molecule has 0 atom stereocenters. The van der Waals surface area contributed by atoms with E-state index >= 15 is 0 Å². The van der Waals surface area contributed by atoms with Crippen LogP contribution in [-0.4, -0.2) is 31.8 Å². The second kappa shape index (κ2) is 5.91. The number of aromatic nitrogens is 3. The fourth-order valence-electron chi connectivity index (χ4n) is 1.73. The summed E-state index contributed by atoms with van der Waals surface area (Å²) in [5.74, 6) is -1.65. The van der Waals surface area contributed by atoms with E-state index in [0.717, 1.165) is 6.92 Å². The zero-order valence-corrected chi connectivity index (χ0v) is 11.1. The van der Waals surface area contributed by atoms with Crippen molar-refractivity contribution < 1.29 is 14.7 Å². The van der Waals surface area contributed by atoms with E-state index < -0.39 is 17.3 Å². The molecule has 0 bridgehead atoms. The summed E-state index contributed by atoms with van der Waals surface area (Å²) in [4.78, 5) is 34.7. The van der Waals surface area contributed by atoms with E-state index in [1.807, 2.05) is 0 Å². The van der Waals surface area contributed by atoms with Crippen LogP contribution in [0.5, 0.6) is 0 Å². The van der Waals surface area contributed by atoms with Gasteiger partial charge in [-0.2, -0.15) is 0 Å². The van der Waals surface area contributed by atoms with Crippen molar-refractivity contribution in [2.75, 3.05) is 0 Å². The van der Waals surface area contributed by atoms with E-state index in [0.29, 0.717) is 11.4 Å². The first-order valence-electron chi connectivity index (χ1n) is 5.98. The van der Waals surface area contributed by atoms with Crippen LogP contribution < -0.4 is 5.73 Å². The van der Waals surface area contributed by atoms with Crippen molar-refractivity contribution in [3.63, 3.8) is 0 Å². The summed E-state index contributed by atoms with van der Waals surface area (Å²) in [6.45, 7) is 1.14. The molecular weight excluding hydrogens is 272 g/mol. The molecule has 7 heteroatoms. The normalized spacial score (nSPS) is 11.7. The van der Waals surface area contributed by atoms with Gasteiger partial charge in [-0.05, 0) is 25.1 Å². The maximum atomic E-state index is 11.4. The monoisotopic (exact) mass is 284 g/mol. The van der Waals surface area contributed by atoms with Crippen LogP contribution in [0.15, 0.2) is 42.4 Å². The van der Waals surface area contributed by atoms with Gasteiger partial charge in [0.05, 0.1) is 11.4 Å². The van der Waals surface area contributed by atoms with Crippen molar-refractivity contribution in [2.45, 2.75) is 6.92 Å². The number of carboxylic acid groups (broad SMARTS) is 1. The minimum atomic E-state index is -1.39. The Hall–Kier alpha value is -3.09. The van der Waals surface area contributed by atoms with Crippen molar-refractivity contribution >= 4 is 17.4 Å². The highest BCUT2D eigenvalue weighted by atomic mass is 16.4. The summed E-state index contributed by atoms with van der Waals surface area (Å²) in [7, 11) is 0. The lowest BCUT2D eigenvalue weighted by Crippen LogP contribution is -2.16. The number of ketones is 1. The summed E-state index contributed by atoms with van der Waals surface area (Å²) in [5.41, 5.74) is 5.98. The van der Waals surface area contributed by atoms with E-state index in [4.69, 9.17) is 10.8 Å². The predicted octanol–water partition coefficient (Wildman–Crippen LogP) is 0.882. The summed E-state index contributed by atoms with van der Waals surface area (Å²) in [6.07, 6.45) is 4.62. The van der Waals surface area contributed by atoms with Crippen molar-refractivity contribution in [1.29, 1.82) is 0 Å². The Bertz CT molecular complexity index is 710. The Balaban J connectivity index is 2.54. The highest BCUT2D eigenvalue weighted by Gasteiger charge is 2.19. The number of rotatable bonds is 4. The Kier molecular flexibility index (Phi) is 4.03. The Morgan fingerprint density at radius 2 is 1.81 bits per heavy atom. The van der Waals surface area contributed by atoms with Crippen molar-refractivity contribution in [2.24, 2.45) is 5.73 Å². The van der Waals surface area contributed by atoms with Gasteiger partial charge in [0.2, 0.25) is 0 Å². The van der Waals surface area contributed by atoms with Gasteiger partial charge in [-0.25, -0.2) is 14.8 Å². The highest BCUT2D eigenvalue weighted by Crippen LogP contribution is 2.17. The largest absolute Gasteiger partial charge is 0.477 e. The third-order valence-corrected chi connectivity index (χ3v) is 2.71. The van der Waals surface area contributed by atoms with Crippen LogP contribution in [0.2, 0.25) is 0 Å². The van der Waals surface area contributed by atoms with Crippen LogP contribution >= 0.6 is 0 Å². The second-order valence-corrected chi connectivity index (χ2v) is 4.15. The van der Waals surface area contributed by atoms with Crippen LogP contribution in [0, 0.1) is 0 Å². The van der Waals surface area contributed by atoms with E-state index in [2.05, 4.69) is 15.0 Å². The maximum Gasteiger partial charge on any atom is 0.341 e. The van der Waals surface area contributed by atoms with Crippen molar-refractivity contribution in [1.82, 2.24) is 15.0 Å². The molecule has 106 valence electrons. The van der Waals surface area contributed by atoms with Crippen LogP contribution in [0.3, 0.4) is 0 Å². The molecule has 0 radical (unpaired) electrons. The minimum Gasteiger partial charge on any atom is -0.477 e. The number of Topliss-reactive ketones (excluding diaryl/α,β-unsaturated/α-hetero) is 1. The third kappa shape index (κ3) is 3.08. The summed E-state index contributed by atoms with van der Waals surface area (Å²) < 4.78 is 0. The minimum absolute atomic E-state index is 0.185. The number of hydrogen-bond donors (Lipinski definition) is 2. The van der Waals surface area contributed by atoms with E-state index in [-0.39, 0.29) is 11.4 Å². The van der Waals surface area contributed by atoms with Crippen LogP contribution in [0.4, 0.5) is 0 Å². The molecular formula is C14H12N4O3. The topological polar surface area (TPSA) is 119 Å². The average molecular weight is 284 g/mol. The molecule has 0 saturated heterocycles. The van der Waals surface area contributed by atoms with Gasteiger partial charge in [0.15, 0.2) is 11.6 Å². The molecule has 2 aromatic rings. The Morgan fingerprint density at radius 3 is 2.38 bits per heavy atom. The lowest BCUT2D eigenvalue weighted by molar-refractivity contribution is -0.134. The standard InChI is InChI=1S/C14H12N4O3/c1-8(19)11(14(20)21)12(15)10-4-7-17-13(18-10)9-2-5-16-6-3-9/h2-7H,15H2,1H3,(H,20,21). The zero-order valence-electron chi connectivity index (χ0n) is 11.1. The fraction of sp³-hybridized carbons (Fsp3) is 0.0714. The number of hydrogen-bond acceptors (Lipinski definition) is 6. The lowest BCUT2D eigenvalue weighted by atomic mass is 10.1. The van der Waals surface area contributed by atoms with E-state index in [1.165, 1.54) is 12.3 Å². The Morgan fingerprint density at radius 1 is 1.14 bits per heavy atom. The van der Waals surface area contributed by atoms with E-state index in [1.54, 1.807) is 24.5 Å². The predicted molar refractivity (Wildman–Crippen MR) is 74.7 cm³/mol.